The smallest absolute Gasteiger partial charge is 0.0471 e. The molecule has 3 aliphatic rings. The summed E-state index contributed by atoms with van der Waals surface area (Å²) in [5, 5.41) is 3.78. The summed E-state index contributed by atoms with van der Waals surface area (Å²) in [6.07, 6.45) is 9.80. The Hall–Kier alpha value is -0.0800. The summed E-state index contributed by atoms with van der Waals surface area (Å²) in [6.45, 7) is 7.75. The van der Waals surface area contributed by atoms with Crippen LogP contribution in [0.4, 0.5) is 0 Å². The van der Waals surface area contributed by atoms with Crippen LogP contribution in [-0.4, -0.2) is 25.8 Å². The maximum Gasteiger partial charge on any atom is 0.0471 e. The molecular formula is C17H31NO. The van der Waals surface area contributed by atoms with Gasteiger partial charge in [0.25, 0.3) is 0 Å². The van der Waals surface area contributed by atoms with Crippen molar-refractivity contribution in [2.75, 3.05) is 19.8 Å². The Kier molecular flexibility index (Phi) is 4.19. The maximum atomic E-state index is 5.88. The third kappa shape index (κ3) is 3.95. The van der Waals surface area contributed by atoms with E-state index < -0.39 is 0 Å². The molecule has 0 radical (unpaired) electrons. The van der Waals surface area contributed by atoms with E-state index in [1.165, 1.54) is 51.5 Å². The van der Waals surface area contributed by atoms with E-state index >= 15 is 0 Å². The highest BCUT2D eigenvalue weighted by molar-refractivity contribution is 5.04. The Morgan fingerprint density at radius 3 is 2.53 bits per heavy atom. The van der Waals surface area contributed by atoms with Gasteiger partial charge in [-0.25, -0.2) is 0 Å². The summed E-state index contributed by atoms with van der Waals surface area (Å²) in [5.41, 5.74) is 0.591. The summed E-state index contributed by atoms with van der Waals surface area (Å²) in [5.74, 6) is 2.93. The van der Waals surface area contributed by atoms with Gasteiger partial charge in [0.2, 0.25) is 0 Å². The fourth-order valence-corrected chi connectivity index (χ4v) is 3.80. The zero-order valence-corrected chi connectivity index (χ0v) is 12.8. The number of hydrogen-bond acceptors (Lipinski definition) is 2. The highest BCUT2D eigenvalue weighted by Gasteiger charge is 2.53. The van der Waals surface area contributed by atoms with Gasteiger partial charge in [-0.15, -0.1) is 0 Å². The quantitative estimate of drug-likeness (QED) is 0.643. The molecule has 0 bridgehead atoms. The number of ether oxygens (including phenoxy) is 1. The number of rotatable bonds is 9. The van der Waals surface area contributed by atoms with E-state index in [1.807, 2.05) is 0 Å². The van der Waals surface area contributed by atoms with Crippen LogP contribution in [0.3, 0.4) is 0 Å². The van der Waals surface area contributed by atoms with Crippen LogP contribution in [0.15, 0.2) is 0 Å². The Morgan fingerprint density at radius 1 is 1.16 bits per heavy atom. The molecule has 2 heteroatoms. The minimum atomic E-state index is 0.591. The molecule has 3 fully saturated rings. The van der Waals surface area contributed by atoms with Crippen LogP contribution in [0.5, 0.6) is 0 Å². The minimum Gasteiger partial charge on any atom is -0.381 e. The second kappa shape index (κ2) is 5.73. The second-order valence-corrected chi connectivity index (χ2v) is 7.86. The lowest BCUT2D eigenvalue weighted by molar-refractivity contribution is 0.0823. The minimum absolute atomic E-state index is 0.591. The van der Waals surface area contributed by atoms with Crippen molar-refractivity contribution in [1.29, 1.82) is 0 Å². The predicted octanol–water partition coefficient (Wildman–Crippen LogP) is 3.61. The van der Waals surface area contributed by atoms with Crippen molar-refractivity contribution in [3.63, 3.8) is 0 Å². The van der Waals surface area contributed by atoms with Crippen LogP contribution in [0, 0.1) is 23.2 Å². The van der Waals surface area contributed by atoms with E-state index in [9.17, 15) is 0 Å². The summed E-state index contributed by atoms with van der Waals surface area (Å²) < 4.78 is 5.88. The molecule has 1 N–H and O–H groups in total. The normalized spacial score (nSPS) is 36.8. The standard InChI is InChI=1S/C17H31NO/c1-13(2)5-7-19-8-6-17(12-18-16-3-4-16)10-14-9-15(14)11-17/h13-16,18H,3-12H2,1-2H3. The Bertz CT molecular complexity index is 288. The van der Waals surface area contributed by atoms with Gasteiger partial charge in [0, 0.05) is 25.8 Å². The van der Waals surface area contributed by atoms with Crippen LogP contribution < -0.4 is 5.32 Å². The van der Waals surface area contributed by atoms with Gasteiger partial charge in [0.05, 0.1) is 0 Å². The first kappa shape index (κ1) is 13.9. The molecule has 3 saturated carbocycles. The lowest BCUT2D eigenvalue weighted by Crippen LogP contribution is -2.35. The molecular weight excluding hydrogens is 234 g/mol. The van der Waals surface area contributed by atoms with E-state index in [1.54, 1.807) is 0 Å². The zero-order chi connectivity index (χ0) is 13.3. The van der Waals surface area contributed by atoms with Crippen molar-refractivity contribution in [2.24, 2.45) is 23.2 Å². The van der Waals surface area contributed by atoms with Crippen molar-refractivity contribution in [3.05, 3.63) is 0 Å². The first-order valence-corrected chi connectivity index (χ1v) is 8.48. The fourth-order valence-electron chi connectivity index (χ4n) is 3.80. The van der Waals surface area contributed by atoms with Gasteiger partial charge in [0.15, 0.2) is 0 Å². The number of hydrogen-bond donors (Lipinski definition) is 1. The van der Waals surface area contributed by atoms with Gasteiger partial charge in [0.1, 0.15) is 0 Å². The first-order chi connectivity index (χ1) is 9.17. The second-order valence-electron chi connectivity index (χ2n) is 7.86. The van der Waals surface area contributed by atoms with E-state index in [0.29, 0.717) is 5.41 Å². The summed E-state index contributed by atoms with van der Waals surface area (Å²) in [6, 6.07) is 0.857. The van der Waals surface area contributed by atoms with Crippen molar-refractivity contribution < 1.29 is 4.74 Å². The van der Waals surface area contributed by atoms with Crippen LogP contribution in [0.1, 0.15) is 58.8 Å². The molecule has 0 aromatic rings. The summed E-state index contributed by atoms with van der Waals surface area (Å²) in [4.78, 5) is 0. The highest BCUT2D eigenvalue weighted by atomic mass is 16.5. The van der Waals surface area contributed by atoms with Crippen LogP contribution >= 0.6 is 0 Å². The van der Waals surface area contributed by atoms with Crippen LogP contribution in [0.2, 0.25) is 0 Å². The molecule has 0 amide bonds. The molecule has 2 atom stereocenters. The Labute approximate surface area is 118 Å². The topological polar surface area (TPSA) is 21.3 Å². The summed E-state index contributed by atoms with van der Waals surface area (Å²) >= 11 is 0. The molecule has 2 nitrogen and oxygen atoms in total. The molecule has 110 valence electrons. The molecule has 0 saturated heterocycles. The molecule has 0 spiro atoms. The lowest BCUT2D eigenvalue weighted by atomic mass is 9.80. The van der Waals surface area contributed by atoms with E-state index in [0.717, 1.165) is 37.0 Å². The third-order valence-corrected chi connectivity index (χ3v) is 5.42. The maximum absolute atomic E-state index is 5.88. The van der Waals surface area contributed by atoms with Crippen molar-refractivity contribution >= 4 is 0 Å². The monoisotopic (exact) mass is 265 g/mol. The lowest BCUT2D eigenvalue weighted by Gasteiger charge is -2.31. The summed E-state index contributed by atoms with van der Waals surface area (Å²) in [7, 11) is 0. The van der Waals surface area contributed by atoms with Crippen molar-refractivity contribution in [3.8, 4) is 0 Å². The highest BCUT2D eigenvalue weighted by Crippen LogP contribution is 2.61. The Morgan fingerprint density at radius 2 is 1.89 bits per heavy atom. The zero-order valence-electron chi connectivity index (χ0n) is 12.8. The molecule has 19 heavy (non-hydrogen) atoms. The molecule has 3 aliphatic carbocycles. The van der Waals surface area contributed by atoms with Gasteiger partial charge >= 0.3 is 0 Å². The molecule has 3 rings (SSSR count). The molecule has 0 aliphatic heterocycles. The van der Waals surface area contributed by atoms with Crippen LogP contribution in [-0.2, 0) is 4.74 Å². The van der Waals surface area contributed by atoms with Gasteiger partial charge in [-0.1, -0.05) is 13.8 Å². The Balaban J connectivity index is 1.38. The molecule has 0 aromatic carbocycles. The average Bonchev–Trinajstić information content (AvgIpc) is 3.27. The fraction of sp³-hybridized carbons (Fsp3) is 1.00. The van der Waals surface area contributed by atoms with Crippen LogP contribution in [0.25, 0.3) is 0 Å². The van der Waals surface area contributed by atoms with Crippen molar-refractivity contribution in [2.45, 2.75) is 64.8 Å². The van der Waals surface area contributed by atoms with E-state index in [4.69, 9.17) is 4.74 Å². The molecule has 0 aromatic heterocycles. The third-order valence-electron chi connectivity index (χ3n) is 5.42. The van der Waals surface area contributed by atoms with Gasteiger partial charge in [-0.2, -0.15) is 0 Å². The molecule has 2 unspecified atom stereocenters. The SMILES string of the molecule is CC(C)CCOCCC1(CNC2CC2)CC2CC2C1. The largest absolute Gasteiger partial charge is 0.381 e. The molecule has 0 heterocycles. The van der Waals surface area contributed by atoms with Gasteiger partial charge in [-0.3, -0.25) is 0 Å². The van der Waals surface area contributed by atoms with Crippen molar-refractivity contribution in [1.82, 2.24) is 5.32 Å². The first-order valence-electron chi connectivity index (χ1n) is 8.48. The number of fused-ring (bicyclic) bond motifs is 1. The van der Waals surface area contributed by atoms with E-state index in [2.05, 4.69) is 19.2 Å². The average molecular weight is 265 g/mol. The van der Waals surface area contributed by atoms with E-state index in [-0.39, 0.29) is 0 Å². The predicted molar refractivity (Wildman–Crippen MR) is 79.2 cm³/mol. The number of nitrogens with one attached hydrogen (secondary N) is 1. The van der Waals surface area contributed by atoms with Gasteiger partial charge in [-0.05, 0) is 68.1 Å². The van der Waals surface area contributed by atoms with Gasteiger partial charge < -0.3 is 10.1 Å².